The Hall–Kier alpha value is -0.540. The van der Waals surface area contributed by atoms with Crippen LogP contribution in [-0.4, -0.2) is 17.3 Å². The molecule has 0 heterocycles. The van der Waals surface area contributed by atoms with Gasteiger partial charge < -0.3 is 10.4 Å². The Labute approximate surface area is 87.1 Å². The maximum Gasteiger partial charge on any atom is 0.0710 e. The van der Waals surface area contributed by atoms with Gasteiger partial charge in [-0.3, -0.25) is 0 Å². The van der Waals surface area contributed by atoms with Crippen LogP contribution < -0.4 is 5.32 Å². The van der Waals surface area contributed by atoms with E-state index < -0.39 is 0 Å². The first kappa shape index (κ1) is 10.5. The average molecular weight is 244 g/mol. The van der Waals surface area contributed by atoms with E-state index in [0.717, 1.165) is 10.2 Å². The largest absolute Gasteiger partial charge is 0.391 e. The zero-order chi connectivity index (χ0) is 9.84. The summed E-state index contributed by atoms with van der Waals surface area (Å²) in [5.74, 6) is 0. The van der Waals surface area contributed by atoms with Crippen molar-refractivity contribution in [3.8, 4) is 0 Å². The van der Waals surface area contributed by atoms with Gasteiger partial charge in [-0.1, -0.05) is 15.9 Å². The zero-order valence-corrected chi connectivity index (χ0v) is 9.38. The Kier molecular flexibility index (Phi) is 3.75. The molecule has 0 saturated carbocycles. The molecule has 0 aliphatic carbocycles. The molecule has 72 valence electrons. The van der Waals surface area contributed by atoms with Crippen molar-refractivity contribution in [1.29, 1.82) is 0 Å². The minimum atomic E-state index is -0.344. The molecule has 2 nitrogen and oxygen atoms in total. The van der Waals surface area contributed by atoms with E-state index in [1.807, 2.05) is 31.2 Å². The maximum atomic E-state index is 9.27. The fourth-order valence-electron chi connectivity index (χ4n) is 0.930. The summed E-state index contributed by atoms with van der Waals surface area (Å²) in [5.41, 5.74) is 1.02. The van der Waals surface area contributed by atoms with Crippen molar-refractivity contribution in [1.82, 2.24) is 0 Å². The smallest absolute Gasteiger partial charge is 0.0710 e. The van der Waals surface area contributed by atoms with Crippen molar-refractivity contribution < 1.29 is 5.11 Å². The Balaban J connectivity index is 2.59. The second-order valence-corrected chi connectivity index (χ2v) is 4.10. The van der Waals surface area contributed by atoms with Crippen LogP contribution in [0.4, 0.5) is 5.69 Å². The Morgan fingerprint density at radius 3 is 2.23 bits per heavy atom. The van der Waals surface area contributed by atoms with E-state index in [-0.39, 0.29) is 12.1 Å². The number of hydrogen-bond donors (Lipinski definition) is 2. The molecule has 0 saturated heterocycles. The second-order valence-electron chi connectivity index (χ2n) is 3.18. The standard InChI is InChI=1S/C10H14BrNO/c1-7(8(2)13)12-10-5-3-9(11)4-6-10/h3-8,12-13H,1-2H3. The van der Waals surface area contributed by atoms with Crippen LogP contribution in [0.25, 0.3) is 0 Å². The average Bonchev–Trinajstić information content (AvgIpc) is 2.08. The van der Waals surface area contributed by atoms with Gasteiger partial charge in [-0.25, -0.2) is 0 Å². The first-order valence-corrected chi connectivity index (χ1v) is 5.09. The number of anilines is 1. The van der Waals surface area contributed by atoms with Crippen LogP contribution in [0.1, 0.15) is 13.8 Å². The first-order valence-electron chi connectivity index (χ1n) is 4.30. The molecule has 0 amide bonds. The van der Waals surface area contributed by atoms with Crippen LogP contribution >= 0.6 is 15.9 Å². The van der Waals surface area contributed by atoms with E-state index in [4.69, 9.17) is 0 Å². The van der Waals surface area contributed by atoms with Gasteiger partial charge in [0, 0.05) is 16.2 Å². The highest BCUT2D eigenvalue weighted by Crippen LogP contribution is 2.15. The normalized spacial score (nSPS) is 15.1. The highest BCUT2D eigenvalue weighted by atomic mass is 79.9. The van der Waals surface area contributed by atoms with Gasteiger partial charge in [0.1, 0.15) is 0 Å². The molecular weight excluding hydrogens is 230 g/mol. The minimum absolute atomic E-state index is 0.0705. The van der Waals surface area contributed by atoms with Crippen molar-refractivity contribution in [3.05, 3.63) is 28.7 Å². The summed E-state index contributed by atoms with van der Waals surface area (Å²) in [6.07, 6.45) is -0.344. The number of benzene rings is 1. The third-order valence-corrected chi connectivity index (χ3v) is 2.49. The zero-order valence-electron chi connectivity index (χ0n) is 7.79. The lowest BCUT2D eigenvalue weighted by Crippen LogP contribution is -2.27. The monoisotopic (exact) mass is 243 g/mol. The summed E-state index contributed by atoms with van der Waals surface area (Å²) in [7, 11) is 0. The van der Waals surface area contributed by atoms with Crippen molar-refractivity contribution in [2.75, 3.05) is 5.32 Å². The molecule has 0 fully saturated rings. The number of rotatable bonds is 3. The summed E-state index contributed by atoms with van der Waals surface area (Å²) in [6.45, 7) is 3.73. The van der Waals surface area contributed by atoms with Crippen LogP contribution in [0.2, 0.25) is 0 Å². The lowest BCUT2D eigenvalue weighted by atomic mass is 10.2. The van der Waals surface area contributed by atoms with E-state index in [9.17, 15) is 5.11 Å². The van der Waals surface area contributed by atoms with Gasteiger partial charge in [0.05, 0.1) is 6.10 Å². The third kappa shape index (κ3) is 3.36. The summed E-state index contributed by atoms with van der Waals surface area (Å²) < 4.78 is 1.06. The fraction of sp³-hybridized carbons (Fsp3) is 0.400. The highest BCUT2D eigenvalue weighted by molar-refractivity contribution is 9.10. The van der Waals surface area contributed by atoms with Gasteiger partial charge in [0.2, 0.25) is 0 Å². The molecule has 3 heteroatoms. The number of hydrogen-bond acceptors (Lipinski definition) is 2. The van der Waals surface area contributed by atoms with E-state index >= 15 is 0 Å². The molecule has 0 aliphatic rings. The van der Waals surface area contributed by atoms with Crippen molar-refractivity contribution in [2.45, 2.75) is 26.0 Å². The predicted molar refractivity (Wildman–Crippen MR) is 58.9 cm³/mol. The van der Waals surface area contributed by atoms with Crippen LogP contribution in [0, 0.1) is 0 Å². The molecule has 0 radical (unpaired) electrons. The third-order valence-electron chi connectivity index (χ3n) is 1.96. The van der Waals surface area contributed by atoms with Crippen molar-refractivity contribution in [2.24, 2.45) is 0 Å². The molecule has 1 aromatic rings. The molecule has 0 aliphatic heterocycles. The lowest BCUT2D eigenvalue weighted by molar-refractivity contribution is 0.178. The van der Waals surface area contributed by atoms with Crippen molar-refractivity contribution in [3.63, 3.8) is 0 Å². The van der Waals surface area contributed by atoms with E-state index in [2.05, 4.69) is 21.2 Å². The molecule has 0 aromatic heterocycles. The summed E-state index contributed by atoms with van der Waals surface area (Å²) in [4.78, 5) is 0. The molecule has 2 N–H and O–H groups in total. The van der Waals surface area contributed by atoms with E-state index in [1.165, 1.54) is 0 Å². The van der Waals surface area contributed by atoms with Gasteiger partial charge >= 0.3 is 0 Å². The Bertz CT molecular complexity index is 258. The molecule has 2 unspecified atom stereocenters. The molecule has 1 aromatic carbocycles. The van der Waals surface area contributed by atoms with Gasteiger partial charge in [0.25, 0.3) is 0 Å². The number of aliphatic hydroxyl groups is 1. The predicted octanol–water partition coefficient (Wildman–Crippen LogP) is 2.63. The van der Waals surface area contributed by atoms with E-state index in [1.54, 1.807) is 6.92 Å². The minimum Gasteiger partial charge on any atom is -0.391 e. The summed E-state index contributed by atoms with van der Waals surface area (Å²) in [5, 5.41) is 12.5. The van der Waals surface area contributed by atoms with Crippen LogP contribution in [0.3, 0.4) is 0 Å². The molecular formula is C10H14BrNO. The molecule has 1 rings (SSSR count). The van der Waals surface area contributed by atoms with Gasteiger partial charge in [-0.2, -0.15) is 0 Å². The quantitative estimate of drug-likeness (QED) is 0.856. The maximum absolute atomic E-state index is 9.27. The molecule has 0 bridgehead atoms. The van der Waals surface area contributed by atoms with Gasteiger partial charge in [-0.15, -0.1) is 0 Å². The Morgan fingerprint density at radius 1 is 1.23 bits per heavy atom. The van der Waals surface area contributed by atoms with Crippen LogP contribution in [-0.2, 0) is 0 Å². The van der Waals surface area contributed by atoms with Gasteiger partial charge in [-0.05, 0) is 38.1 Å². The second kappa shape index (κ2) is 4.63. The van der Waals surface area contributed by atoms with Gasteiger partial charge in [0.15, 0.2) is 0 Å². The Morgan fingerprint density at radius 2 is 1.77 bits per heavy atom. The SMILES string of the molecule is CC(O)C(C)Nc1ccc(Br)cc1. The molecule has 13 heavy (non-hydrogen) atoms. The van der Waals surface area contributed by atoms with Crippen LogP contribution in [0.15, 0.2) is 28.7 Å². The molecule has 0 spiro atoms. The van der Waals surface area contributed by atoms with E-state index in [0.29, 0.717) is 0 Å². The lowest BCUT2D eigenvalue weighted by Gasteiger charge is -2.17. The number of nitrogens with one attached hydrogen (secondary N) is 1. The highest BCUT2D eigenvalue weighted by Gasteiger charge is 2.07. The van der Waals surface area contributed by atoms with Crippen molar-refractivity contribution >= 4 is 21.6 Å². The summed E-state index contributed by atoms with van der Waals surface area (Å²) in [6, 6.07) is 7.96. The number of halogens is 1. The molecule has 2 atom stereocenters. The topological polar surface area (TPSA) is 32.3 Å². The fourth-order valence-corrected chi connectivity index (χ4v) is 1.19. The summed E-state index contributed by atoms with van der Waals surface area (Å²) >= 11 is 3.36. The number of aliphatic hydroxyl groups excluding tert-OH is 1. The van der Waals surface area contributed by atoms with Crippen LogP contribution in [0.5, 0.6) is 0 Å². The first-order chi connectivity index (χ1) is 6.09.